The van der Waals surface area contributed by atoms with Gasteiger partial charge in [0.05, 0.1) is 6.61 Å². The van der Waals surface area contributed by atoms with Crippen LogP contribution in [0.3, 0.4) is 0 Å². The van der Waals surface area contributed by atoms with Crippen LogP contribution < -0.4 is 21.9 Å². The topological polar surface area (TPSA) is 131 Å². The molecule has 2 rings (SSSR count). The van der Waals surface area contributed by atoms with Crippen LogP contribution in [0.25, 0.3) is 0 Å². The van der Waals surface area contributed by atoms with Gasteiger partial charge in [0.1, 0.15) is 12.4 Å². The summed E-state index contributed by atoms with van der Waals surface area (Å²) in [4.78, 5) is 55.1. The Kier molecular flexibility index (Phi) is 8.44. The first-order valence-electron chi connectivity index (χ1n) is 10.1. The summed E-state index contributed by atoms with van der Waals surface area (Å²) >= 11 is 0. The highest BCUT2D eigenvalue weighted by atomic mass is 16.5. The lowest BCUT2D eigenvalue weighted by molar-refractivity contribution is -0.135. The summed E-state index contributed by atoms with van der Waals surface area (Å²) in [5.74, 6) is -0.568. The fourth-order valence-electron chi connectivity index (χ4n) is 3.46. The number of ether oxygens (including phenoxy) is 1. The Hall–Kier alpha value is -2.62. The molecule has 0 aromatic carbocycles. The predicted octanol–water partition coefficient (Wildman–Crippen LogP) is 0.301. The molecule has 1 fully saturated rings. The van der Waals surface area contributed by atoms with Crippen molar-refractivity contribution in [3.8, 4) is 0 Å². The van der Waals surface area contributed by atoms with Gasteiger partial charge in [0, 0.05) is 33.2 Å². The number of carbonyl (C=O) groups excluding carboxylic acids is 2. The Morgan fingerprint density at radius 1 is 1.21 bits per heavy atom. The summed E-state index contributed by atoms with van der Waals surface area (Å²) in [5.41, 5.74) is 4.68. The van der Waals surface area contributed by atoms with Gasteiger partial charge in [-0.2, -0.15) is 0 Å². The van der Waals surface area contributed by atoms with E-state index in [-0.39, 0.29) is 37.1 Å². The fourth-order valence-corrected chi connectivity index (χ4v) is 3.46. The normalized spacial score (nSPS) is 15.1. The van der Waals surface area contributed by atoms with E-state index in [4.69, 9.17) is 10.5 Å². The van der Waals surface area contributed by atoms with Crippen LogP contribution in [0.2, 0.25) is 0 Å². The number of carbonyl (C=O) groups is 2. The van der Waals surface area contributed by atoms with E-state index >= 15 is 0 Å². The Morgan fingerprint density at radius 2 is 1.93 bits per heavy atom. The number of nitrogen functional groups attached to an aromatic ring is 1. The maximum atomic E-state index is 13.1. The van der Waals surface area contributed by atoms with Gasteiger partial charge in [-0.25, -0.2) is 4.79 Å². The Balaban J connectivity index is 2.37. The fraction of sp³-hybridized carbons (Fsp3) is 0.684. The number of methoxy groups -OCH3 is 1. The number of likely N-dealkylation sites (tertiary alicyclic amines) is 1. The van der Waals surface area contributed by atoms with Crippen molar-refractivity contribution in [2.75, 3.05) is 44.0 Å². The van der Waals surface area contributed by atoms with Crippen molar-refractivity contribution in [2.24, 2.45) is 0 Å². The molecule has 1 aromatic heterocycles. The van der Waals surface area contributed by atoms with Gasteiger partial charge in [0.15, 0.2) is 5.69 Å². The van der Waals surface area contributed by atoms with Gasteiger partial charge in [-0.05, 0) is 19.3 Å². The van der Waals surface area contributed by atoms with Crippen LogP contribution in [0, 0.1) is 0 Å². The zero-order chi connectivity index (χ0) is 21.4. The van der Waals surface area contributed by atoms with E-state index in [2.05, 4.69) is 4.98 Å². The van der Waals surface area contributed by atoms with Crippen molar-refractivity contribution in [1.29, 1.82) is 0 Å². The van der Waals surface area contributed by atoms with Crippen LogP contribution in [0.4, 0.5) is 11.5 Å². The second-order valence-electron chi connectivity index (χ2n) is 7.16. The van der Waals surface area contributed by atoms with Crippen LogP contribution in [0.15, 0.2) is 9.59 Å². The number of nitrogens with two attached hydrogens (primary N) is 1. The average Bonchev–Trinajstić information content (AvgIpc) is 2.67. The first-order chi connectivity index (χ1) is 13.9. The largest absolute Gasteiger partial charge is 0.383 e. The standard InChI is InChI=1S/C19H31N5O5/c1-3-9-24-17(20)16(18(27)21-19(24)28)23(11-12-29-2)15(26)13-22-10-7-5-4-6-8-14(22)25/h3-13,20H2,1-2H3,(H,21,27,28). The highest BCUT2D eigenvalue weighted by Gasteiger charge is 2.27. The molecule has 3 N–H and O–H groups in total. The third kappa shape index (κ3) is 5.69. The summed E-state index contributed by atoms with van der Waals surface area (Å²) in [6.07, 6.45) is 4.71. The van der Waals surface area contributed by atoms with Crippen molar-refractivity contribution >= 4 is 23.3 Å². The van der Waals surface area contributed by atoms with Gasteiger partial charge in [0.2, 0.25) is 11.8 Å². The second kappa shape index (κ2) is 10.8. The maximum Gasteiger partial charge on any atom is 0.330 e. The van der Waals surface area contributed by atoms with Crippen molar-refractivity contribution in [3.63, 3.8) is 0 Å². The predicted molar refractivity (Wildman–Crippen MR) is 110 cm³/mol. The van der Waals surface area contributed by atoms with Gasteiger partial charge in [-0.15, -0.1) is 0 Å². The Labute approximate surface area is 169 Å². The minimum atomic E-state index is -0.733. The average molecular weight is 409 g/mol. The van der Waals surface area contributed by atoms with Gasteiger partial charge < -0.3 is 20.3 Å². The SMILES string of the molecule is CCCn1c(N)c(N(CCOC)C(=O)CN2CCCCCCC2=O)c(=O)[nH]c1=O. The number of anilines is 2. The van der Waals surface area contributed by atoms with E-state index in [0.29, 0.717) is 25.9 Å². The zero-order valence-corrected chi connectivity index (χ0v) is 17.2. The van der Waals surface area contributed by atoms with Crippen molar-refractivity contribution in [3.05, 3.63) is 20.8 Å². The van der Waals surface area contributed by atoms with Gasteiger partial charge in [-0.1, -0.05) is 19.8 Å². The number of rotatable bonds is 8. The van der Waals surface area contributed by atoms with E-state index in [9.17, 15) is 19.2 Å². The lowest BCUT2D eigenvalue weighted by Gasteiger charge is -2.29. The van der Waals surface area contributed by atoms with E-state index < -0.39 is 17.2 Å². The minimum Gasteiger partial charge on any atom is -0.383 e. The van der Waals surface area contributed by atoms with Crippen LogP contribution in [0.1, 0.15) is 45.4 Å². The van der Waals surface area contributed by atoms with Crippen LogP contribution in [-0.4, -0.2) is 59.6 Å². The molecule has 1 aliphatic heterocycles. The first kappa shape index (κ1) is 22.7. The summed E-state index contributed by atoms with van der Waals surface area (Å²) in [6.45, 7) is 2.79. The quantitative estimate of drug-likeness (QED) is 0.635. The van der Waals surface area contributed by atoms with Gasteiger partial charge >= 0.3 is 5.69 Å². The second-order valence-corrected chi connectivity index (χ2v) is 7.16. The molecular formula is C19H31N5O5. The van der Waals surface area contributed by atoms with Crippen molar-refractivity contribution in [2.45, 2.75) is 52.0 Å². The molecule has 29 heavy (non-hydrogen) atoms. The highest BCUT2D eigenvalue weighted by molar-refractivity contribution is 5.98. The van der Waals surface area contributed by atoms with Crippen LogP contribution in [0.5, 0.6) is 0 Å². The molecule has 0 saturated carbocycles. The summed E-state index contributed by atoms with van der Waals surface area (Å²) in [6, 6.07) is 0. The number of hydrogen-bond acceptors (Lipinski definition) is 6. The number of aromatic nitrogens is 2. The maximum absolute atomic E-state index is 13.1. The van der Waals surface area contributed by atoms with Crippen LogP contribution >= 0.6 is 0 Å². The number of nitrogens with zero attached hydrogens (tertiary/aromatic N) is 3. The Bertz CT molecular complexity index is 831. The molecule has 1 aromatic rings. The number of H-pyrrole nitrogens is 1. The molecule has 0 aliphatic carbocycles. The molecule has 0 unspecified atom stereocenters. The van der Waals surface area contributed by atoms with Crippen molar-refractivity contribution < 1.29 is 14.3 Å². The zero-order valence-electron chi connectivity index (χ0n) is 17.2. The summed E-state index contributed by atoms with van der Waals surface area (Å²) in [5, 5.41) is 0. The van der Waals surface area contributed by atoms with E-state index in [1.54, 1.807) is 0 Å². The number of nitrogens with one attached hydrogen (secondary N) is 1. The number of amides is 2. The lowest BCUT2D eigenvalue weighted by atomic mass is 10.1. The van der Waals surface area contributed by atoms with E-state index in [1.807, 2.05) is 6.92 Å². The Morgan fingerprint density at radius 3 is 2.62 bits per heavy atom. The molecule has 0 radical (unpaired) electrons. The molecule has 10 heteroatoms. The van der Waals surface area contributed by atoms with Gasteiger partial charge in [-0.3, -0.25) is 23.9 Å². The smallest absolute Gasteiger partial charge is 0.330 e. The van der Waals surface area contributed by atoms with Crippen molar-refractivity contribution in [1.82, 2.24) is 14.5 Å². The molecule has 1 saturated heterocycles. The van der Waals surface area contributed by atoms with E-state index in [1.165, 1.54) is 21.5 Å². The molecule has 0 spiro atoms. The molecular weight excluding hydrogens is 378 g/mol. The third-order valence-corrected chi connectivity index (χ3v) is 5.00. The van der Waals surface area contributed by atoms with Gasteiger partial charge in [0.25, 0.3) is 5.56 Å². The monoisotopic (exact) mass is 409 g/mol. The summed E-state index contributed by atoms with van der Waals surface area (Å²) < 4.78 is 6.32. The summed E-state index contributed by atoms with van der Waals surface area (Å²) in [7, 11) is 1.48. The highest BCUT2D eigenvalue weighted by Crippen LogP contribution is 2.18. The number of hydrogen-bond donors (Lipinski definition) is 2. The molecule has 0 bridgehead atoms. The van der Waals surface area contributed by atoms with E-state index in [0.717, 1.165) is 25.7 Å². The first-order valence-corrected chi connectivity index (χ1v) is 10.1. The molecule has 162 valence electrons. The molecule has 1 aliphatic rings. The van der Waals surface area contributed by atoms with Crippen LogP contribution in [-0.2, 0) is 20.9 Å². The molecule has 2 amide bonds. The molecule has 0 atom stereocenters. The molecule has 10 nitrogen and oxygen atoms in total. The third-order valence-electron chi connectivity index (χ3n) is 5.00. The number of aromatic amines is 1. The lowest BCUT2D eigenvalue weighted by Crippen LogP contribution is -2.48. The minimum absolute atomic E-state index is 0.0657. The molecule has 2 heterocycles.